The summed E-state index contributed by atoms with van der Waals surface area (Å²) in [4.78, 5) is 12.1. The van der Waals surface area contributed by atoms with Gasteiger partial charge in [0, 0.05) is 23.1 Å². The van der Waals surface area contributed by atoms with Crippen LogP contribution in [0, 0.1) is 32.1 Å². The number of amides is 1. The Morgan fingerprint density at radius 2 is 1.83 bits per heavy atom. The van der Waals surface area contributed by atoms with Crippen LogP contribution in [0.3, 0.4) is 0 Å². The summed E-state index contributed by atoms with van der Waals surface area (Å²) in [6, 6.07) is 12.3. The fraction of sp³-hybridized carbons (Fsp3) is 0.300. The summed E-state index contributed by atoms with van der Waals surface area (Å²) in [5, 5.41) is 12.1. The highest BCUT2D eigenvalue weighted by Crippen LogP contribution is 2.23. The second-order valence-electron chi connectivity index (χ2n) is 6.30. The molecular weight excluding hydrogens is 298 g/mol. The summed E-state index contributed by atoms with van der Waals surface area (Å²) >= 11 is 0. The van der Waals surface area contributed by atoms with Crippen molar-refractivity contribution < 1.29 is 4.79 Å². The lowest BCUT2D eigenvalue weighted by Crippen LogP contribution is -2.30. The summed E-state index contributed by atoms with van der Waals surface area (Å²) in [7, 11) is 0. The standard InChI is InChI=1S/C20H23N3O/c1-13(2)22-20(24)18(12-21)11-17-10-15(4)23(16(17)5)19-8-6-14(3)7-9-19/h6-11,13H,1-5H3,(H,22,24). The van der Waals surface area contributed by atoms with E-state index in [-0.39, 0.29) is 17.5 Å². The summed E-state index contributed by atoms with van der Waals surface area (Å²) in [6.07, 6.45) is 1.66. The molecule has 124 valence electrons. The number of carbonyl (C=O) groups excluding carboxylic acids is 1. The smallest absolute Gasteiger partial charge is 0.262 e. The first-order valence-corrected chi connectivity index (χ1v) is 8.02. The van der Waals surface area contributed by atoms with Crippen molar-refractivity contribution in [2.45, 2.75) is 40.7 Å². The van der Waals surface area contributed by atoms with E-state index in [1.807, 2.05) is 39.8 Å². The summed E-state index contributed by atoms with van der Waals surface area (Å²) < 4.78 is 2.13. The van der Waals surface area contributed by atoms with E-state index >= 15 is 0 Å². The molecule has 4 heteroatoms. The van der Waals surface area contributed by atoms with E-state index in [1.54, 1.807) is 6.08 Å². The van der Waals surface area contributed by atoms with E-state index in [4.69, 9.17) is 0 Å². The highest BCUT2D eigenvalue weighted by Gasteiger charge is 2.14. The number of benzene rings is 1. The molecule has 1 heterocycles. The normalized spacial score (nSPS) is 11.5. The lowest BCUT2D eigenvalue weighted by atomic mass is 10.1. The highest BCUT2D eigenvalue weighted by atomic mass is 16.1. The zero-order valence-corrected chi connectivity index (χ0v) is 14.8. The molecular formula is C20H23N3O. The van der Waals surface area contributed by atoms with E-state index in [2.05, 4.69) is 41.1 Å². The zero-order valence-electron chi connectivity index (χ0n) is 14.8. The zero-order chi connectivity index (χ0) is 17.9. The molecule has 0 radical (unpaired) electrons. The molecule has 2 rings (SSSR count). The van der Waals surface area contributed by atoms with Crippen molar-refractivity contribution in [2.75, 3.05) is 0 Å². The fourth-order valence-electron chi connectivity index (χ4n) is 2.67. The molecule has 0 unspecified atom stereocenters. The largest absolute Gasteiger partial charge is 0.349 e. The second-order valence-corrected chi connectivity index (χ2v) is 6.30. The second kappa shape index (κ2) is 7.18. The molecule has 0 bridgehead atoms. The Kier molecular flexibility index (Phi) is 5.25. The fourth-order valence-corrected chi connectivity index (χ4v) is 2.67. The van der Waals surface area contributed by atoms with Crippen molar-refractivity contribution >= 4 is 12.0 Å². The van der Waals surface area contributed by atoms with E-state index in [0.717, 1.165) is 22.6 Å². The van der Waals surface area contributed by atoms with Gasteiger partial charge in [0.2, 0.25) is 0 Å². The minimum Gasteiger partial charge on any atom is -0.349 e. The van der Waals surface area contributed by atoms with Gasteiger partial charge < -0.3 is 9.88 Å². The maximum Gasteiger partial charge on any atom is 0.262 e. The average molecular weight is 321 g/mol. The number of nitrogens with one attached hydrogen (secondary N) is 1. The number of nitrogens with zero attached hydrogens (tertiary/aromatic N) is 2. The Morgan fingerprint density at radius 1 is 1.21 bits per heavy atom. The molecule has 0 spiro atoms. The molecule has 4 nitrogen and oxygen atoms in total. The van der Waals surface area contributed by atoms with Gasteiger partial charge >= 0.3 is 0 Å². The van der Waals surface area contributed by atoms with E-state index in [9.17, 15) is 10.1 Å². The molecule has 1 aromatic heterocycles. The van der Waals surface area contributed by atoms with Gasteiger partial charge in [-0.05, 0) is 64.5 Å². The Hall–Kier alpha value is -2.80. The number of aryl methyl sites for hydroxylation is 2. The van der Waals surface area contributed by atoms with Crippen LogP contribution in [-0.2, 0) is 4.79 Å². The van der Waals surface area contributed by atoms with Gasteiger partial charge in [0.05, 0.1) is 0 Å². The van der Waals surface area contributed by atoms with Gasteiger partial charge in [0.1, 0.15) is 11.6 Å². The van der Waals surface area contributed by atoms with E-state index < -0.39 is 0 Å². The molecule has 0 aliphatic heterocycles. The van der Waals surface area contributed by atoms with Gasteiger partial charge in [-0.2, -0.15) is 5.26 Å². The molecule has 0 aliphatic rings. The summed E-state index contributed by atoms with van der Waals surface area (Å²) in [5.74, 6) is -0.340. The Bertz CT molecular complexity index is 818. The topological polar surface area (TPSA) is 57.8 Å². The maximum absolute atomic E-state index is 12.1. The van der Waals surface area contributed by atoms with Crippen LogP contribution in [0.25, 0.3) is 11.8 Å². The summed E-state index contributed by atoms with van der Waals surface area (Å²) in [6.45, 7) is 9.81. The quantitative estimate of drug-likeness (QED) is 0.687. The van der Waals surface area contributed by atoms with Crippen LogP contribution < -0.4 is 5.32 Å². The van der Waals surface area contributed by atoms with E-state index in [1.165, 1.54) is 5.56 Å². The van der Waals surface area contributed by atoms with Gasteiger partial charge in [0.25, 0.3) is 5.91 Å². The number of hydrogen-bond acceptors (Lipinski definition) is 2. The molecule has 1 N–H and O–H groups in total. The van der Waals surface area contributed by atoms with Crippen LogP contribution >= 0.6 is 0 Å². The minimum atomic E-state index is -0.340. The first-order chi connectivity index (χ1) is 11.3. The molecule has 24 heavy (non-hydrogen) atoms. The third kappa shape index (κ3) is 3.75. The van der Waals surface area contributed by atoms with Crippen LogP contribution in [-0.4, -0.2) is 16.5 Å². The molecule has 1 aromatic carbocycles. The first-order valence-electron chi connectivity index (χ1n) is 8.02. The van der Waals surface area contributed by atoms with E-state index in [0.29, 0.717) is 0 Å². The van der Waals surface area contributed by atoms with Crippen molar-refractivity contribution in [2.24, 2.45) is 0 Å². The number of hydrogen-bond donors (Lipinski definition) is 1. The molecule has 2 aromatic rings. The predicted molar refractivity (Wildman–Crippen MR) is 96.8 cm³/mol. The average Bonchev–Trinajstić information content (AvgIpc) is 2.79. The van der Waals surface area contributed by atoms with Gasteiger partial charge in [-0.1, -0.05) is 17.7 Å². The number of aromatic nitrogens is 1. The van der Waals surface area contributed by atoms with Crippen molar-refractivity contribution in [3.8, 4) is 11.8 Å². The van der Waals surface area contributed by atoms with Crippen LogP contribution in [0.5, 0.6) is 0 Å². The number of rotatable bonds is 4. The number of nitriles is 1. The molecule has 0 saturated heterocycles. The monoisotopic (exact) mass is 321 g/mol. The van der Waals surface area contributed by atoms with Crippen molar-refractivity contribution in [1.29, 1.82) is 5.26 Å². The Labute approximate surface area is 143 Å². The lowest BCUT2D eigenvalue weighted by Gasteiger charge is -2.10. The third-order valence-corrected chi connectivity index (χ3v) is 3.85. The molecule has 1 amide bonds. The SMILES string of the molecule is Cc1ccc(-n2c(C)cc(C=C(C#N)C(=O)NC(C)C)c2C)cc1. The molecule has 0 aliphatic carbocycles. The highest BCUT2D eigenvalue weighted by molar-refractivity contribution is 6.02. The lowest BCUT2D eigenvalue weighted by molar-refractivity contribution is -0.117. The van der Waals surface area contributed by atoms with Crippen LogP contribution in [0.15, 0.2) is 35.9 Å². The van der Waals surface area contributed by atoms with Crippen molar-refractivity contribution in [3.05, 3.63) is 58.4 Å². The maximum atomic E-state index is 12.1. The minimum absolute atomic E-state index is 0.00533. The van der Waals surface area contributed by atoms with Crippen molar-refractivity contribution in [3.63, 3.8) is 0 Å². The summed E-state index contributed by atoms with van der Waals surface area (Å²) in [5.41, 5.74) is 5.33. The Morgan fingerprint density at radius 3 is 2.38 bits per heavy atom. The predicted octanol–water partition coefficient (Wildman–Crippen LogP) is 3.83. The number of carbonyl (C=O) groups is 1. The van der Waals surface area contributed by atoms with Crippen LogP contribution in [0.4, 0.5) is 0 Å². The van der Waals surface area contributed by atoms with Gasteiger partial charge in [-0.25, -0.2) is 0 Å². The molecule has 0 atom stereocenters. The van der Waals surface area contributed by atoms with Gasteiger partial charge in [0.15, 0.2) is 0 Å². The van der Waals surface area contributed by atoms with Crippen LogP contribution in [0.1, 0.15) is 36.4 Å². The third-order valence-electron chi connectivity index (χ3n) is 3.85. The molecule has 0 fully saturated rings. The van der Waals surface area contributed by atoms with Gasteiger partial charge in [-0.15, -0.1) is 0 Å². The van der Waals surface area contributed by atoms with Crippen molar-refractivity contribution in [1.82, 2.24) is 9.88 Å². The van der Waals surface area contributed by atoms with Gasteiger partial charge in [-0.3, -0.25) is 4.79 Å². The Balaban J connectivity index is 2.44. The first kappa shape index (κ1) is 17.6. The molecule has 0 saturated carbocycles. The van der Waals surface area contributed by atoms with Crippen LogP contribution in [0.2, 0.25) is 0 Å².